The third kappa shape index (κ3) is 4.15. The van der Waals surface area contributed by atoms with Crippen LogP contribution in [0.25, 0.3) is 11.3 Å². The van der Waals surface area contributed by atoms with E-state index in [9.17, 15) is 13.2 Å². The van der Waals surface area contributed by atoms with Crippen molar-refractivity contribution in [1.29, 1.82) is 0 Å². The summed E-state index contributed by atoms with van der Waals surface area (Å²) < 4.78 is 33.2. The van der Waals surface area contributed by atoms with E-state index >= 15 is 0 Å². The molecule has 0 spiro atoms. The summed E-state index contributed by atoms with van der Waals surface area (Å²) in [5.74, 6) is 0.506. The molecule has 1 amide bonds. The standard InChI is InChI=1S/C19H19BrN4O4S2/c1-28-14-4-2-3-13(11-14)15-12-16(22-21-15)19(25)23-7-9-24(10-8-23)30(26,27)18-6-5-17(20)29-18/h2-6,11-12H,7-10H2,1H3,(H,21,22). The molecule has 0 bridgehead atoms. The number of benzene rings is 1. The molecule has 0 saturated carbocycles. The molecule has 1 aliphatic rings. The van der Waals surface area contributed by atoms with E-state index < -0.39 is 10.0 Å². The van der Waals surface area contributed by atoms with Crippen LogP contribution in [-0.4, -0.2) is 67.0 Å². The van der Waals surface area contributed by atoms with Gasteiger partial charge in [-0.2, -0.15) is 9.40 Å². The molecule has 1 N–H and O–H groups in total. The Balaban J connectivity index is 1.43. The first kappa shape index (κ1) is 21.0. The summed E-state index contributed by atoms with van der Waals surface area (Å²) in [6.07, 6.45) is 0. The van der Waals surface area contributed by atoms with Gasteiger partial charge >= 0.3 is 0 Å². The predicted molar refractivity (Wildman–Crippen MR) is 117 cm³/mol. The number of nitrogens with zero attached hydrogens (tertiary/aromatic N) is 3. The lowest BCUT2D eigenvalue weighted by Crippen LogP contribution is -2.50. The topological polar surface area (TPSA) is 95.6 Å². The van der Waals surface area contributed by atoms with Crippen LogP contribution in [0, 0.1) is 0 Å². The number of carbonyl (C=O) groups is 1. The van der Waals surface area contributed by atoms with Gasteiger partial charge in [0.2, 0.25) is 0 Å². The number of aromatic nitrogens is 2. The highest BCUT2D eigenvalue weighted by molar-refractivity contribution is 9.11. The Morgan fingerprint density at radius 1 is 1.17 bits per heavy atom. The molecule has 0 aliphatic carbocycles. The summed E-state index contributed by atoms with van der Waals surface area (Å²) in [6, 6.07) is 12.4. The molecule has 1 saturated heterocycles. The van der Waals surface area contributed by atoms with Crippen LogP contribution in [0.5, 0.6) is 5.75 Å². The molecule has 4 rings (SSSR count). The molecule has 30 heavy (non-hydrogen) atoms. The smallest absolute Gasteiger partial charge is 0.271 e. The molecule has 1 fully saturated rings. The Hall–Kier alpha value is -2.21. The van der Waals surface area contributed by atoms with Crippen molar-refractivity contribution in [3.8, 4) is 17.0 Å². The van der Waals surface area contributed by atoms with Crippen molar-refractivity contribution in [2.24, 2.45) is 0 Å². The number of H-pyrrole nitrogens is 1. The van der Waals surface area contributed by atoms with Crippen molar-refractivity contribution in [3.63, 3.8) is 0 Å². The van der Waals surface area contributed by atoms with Crippen molar-refractivity contribution in [1.82, 2.24) is 19.4 Å². The first-order valence-electron chi connectivity index (χ1n) is 9.13. The van der Waals surface area contributed by atoms with Gasteiger partial charge in [-0.3, -0.25) is 9.89 Å². The first-order valence-corrected chi connectivity index (χ1v) is 12.2. The van der Waals surface area contributed by atoms with Crippen LogP contribution >= 0.6 is 27.3 Å². The maximum absolute atomic E-state index is 12.9. The largest absolute Gasteiger partial charge is 0.497 e. The van der Waals surface area contributed by atoms with Gasteiger partial charge in [0.05, 0.1) is 16.6 Å². The molecule has 0 radical (unpaired) electrons. The van der Waals surface area contributed by atoms with Gasteiger partial charge in [0.25, 0.3) is 15.9 Å². The maximum Gasteiger partial charge on any atom is 0.271 e. The van der Waals surface area contributed by atoms with E-state index in [0.29, 0.717) is 34.4 Å². The van der Waals surface area contributed by atoms with Crippen molar-refractivity contribution < 1.29 is 17.9 Å². The molecule has 11 heteroatoms. The fraction of sp³-hybridized carbons (Fsp3) is 0.263. The summed E-state index contributed by atoms with van der Waals surface area (Å²) in [7, 11) is -1.95. The summed E-state index contributed by atoms with van der Waals surface area (Å²) >= 11 is 4.48. The Morgan fingerprint density at radius 2 is 1.93 bits per heavy atom. The highest BCUT2D eigenvalue weighted by Gasteiger charge is 2.31. The minimum atomic E-state index is -3.54. The Labute approximate surface area is 186 Å². The van der Waals surface area contributed by atoms with Crippen LogP contribution in [0.1, 0.15) is 10.5 Å². The average molecular weight is 511 g/mol. The van der Waals surface area contributed by atoms with Gasteiger partial charge in [-0.15, -0.1) is 11.3 Å². The number of hydrogen-bond donors (Lipinski definition) is 1. The van der Waals surface area contributed by atoms with Crippen LogP contribution < -0.4 is 4.74 Å². The normalized spacial score (nSPS) is 15.3. The fourth-order valence-electron chi connectivity index (χ4n) is 3.23. The number of nitrogens with one attached hydrogen (secondary N) is 1. The predicted octanol–water partition coefficient (Wildman–Crippen LogP) is 3.06. The number of sulfonamides is 1. The molecular weight excluding hydrogens is 492 g/mol. The zero-order valence-corrected chi connectivity index (χ0v) is 19.3. The fourth-order valence-corrected chi connectivity index (χ4v) is 6.81. The second-order valence-electron chi connectivity index (χ2n) is 6.65. The molecule has 1 aliphatic heterocycles. The van der Waals surface area contributed by atoms with Gasteiger partial charge in [0.1, 0.15) is 15.7 Å². The van der Waals surface area contributed by atoms with E-state index in [1.54, 1.807) is 30.2 Å². The van der Waals surface area contributed by atoms with E-state index in [1.165, 1.54) is 15.6 Å². The number of ether oxygens (including phenoxy) is 1. The Bertz CT molecular complexity index is 1170. The zero-order valence-electron chi connectivity index (χ0n) is 16.0. The molecule has 3 heterocycles. The van der Waals surface area contributed by atoms with Gasteiger partial charge in [0, 0.05) is 31.7 Å². The number of rotatable bonds is 5. The summed E-state index contributed by atoms with van der Waals surface area (Å²) in [4.78, 5) is 14.5. The SMILES string of the molecule is COc1cccc(-c2cc(C(=O)N3CCN(S(=O)(=O)c4ccc(Br)s4)CC3)[nH]n2)c1. The third-order valence-electron chi connectivity index (χ3n) is 4.84. The zero-order chi connectivity index (χ0) is 21.3. The van der Waals surface area contributed by atoms with E-state index in [1.807, 2.05) is 24.3 Å². The van der Waals surface area contributed by atoms with E-state index in [0.717, 1.165) is 9.35 Å². The van der Waals surface area contributed by atoms with Gasteiger partial charge in [-0.1, -0.05) is 12.1 Å². The number of piperazine rings is 1. The van der Waals surface area contributed by atoms with Crippen molar-refractivity contribution in [2.75, 3.05) is 33.3 Å². The molecule has 0 unspecified atom stereocenters. The number of methoxy groups -OCH3 is 1. The molecule has 0 atom stereocenters. The molecule has 3 aromatic rings. The van der Waals surface area contributed by atoms with Crippen molar-refractivity contribution in [2.45, 2.75) is 4.21 Å². The number of hydrogen-bond acceptors (Lipinski definition) is 6. The molecule has 1 aromatic carbocycles. The van der Waals surface area contributed by atoms with E-state index in [4.69, 9.17) is 4.74 Å². The lowest BCUT2D eigenvalue weighted by Gasteiger charge is -2.33. The monoisotopic (exact) mass is 510 g/mol. The number of carbonyl (C=O) groups excluding carboxylic acids is 1. The third-order valence-corrected chi connectivity index (χ3v) is 8.83. The van der Waals surface area contributed by atoms with Crippen molar-refractivity contribution in [3.05, 3.63) is 51.9 Å². The van der Waals surface area contributed by atoms with Crippen LogP contribution in [0.15, 0.2) is 50.5 Å². The number of amides is 1. The minimum absolute atomic E-state index is 0.201. The minimum Gasteiger partial charge on any atom is -0.497 e. The first-order chi connectivity index (χ1) is 14.4. The van der Waals surface area contributed by atoms with Gasteiger partial charge in [-0.05, 0) is 46.3 Å². The molecular formula is C19H19BrN4O4S2. The van der Waals surface area contributed by atoms with Gasteiger partial charge in [-0.25, -0.2) is 8.42 Å². The second kappa shape index (κ2) is 8.50. The van der Waals surface area contributed by atoms with Crippen LogP contribution in [0.3, 0.4) is 0 Å². The summed E-state index contributed by atoms with van der Waals surface area (Å²) in [5, 5.41) is 7.03. The highest BCUT2D eigenvalue weighted by Crippen LogP contribution is 2.29. The highest BCUT2D eigenvalue weighted by atomic mass is 79.9. The van der Waals surface area contributed by atoms with Crippen LogP contribution in [0.4, 0.5) is 0 Å². The second-order valence-corrected chi connectivity index (χ2v) is 11.3. The maximum atomic E-state index is 12.9. The number of aromatic amines is 1. The van der Waals surface area contributed by atoms with Crippen LogP contribution in [-0.2, 0) is 10.0 Å². The Kier molecular flexibility index (Phi) is 5.96. The Morgan fingerprint density at radius 3 is 2.60 bits per heavy atom. The number of thiophene rings is 1. The summed E-state index contributed by atoms with van der Waals surface area (Å²) in [5.41, 5.74) is 1.84. The average Bonchev–Trinajstić information content (AvgIpc) is 3.43. The van der Waals surface area contributed by atoms with Crippen LogP contribution in [0.2, 0.25) is 0 Å². The molecule has 2 aromatic heterocycles. The van der Waals surface area contributed by atoms with Gasteiger partial charge in [0.15, 0.2) is 0 Å². The molecule has 158 valence electrons. The summed E-state index contributed by atoms with van der Waals surface area (Å²) in [6.45, 7) is 1.14. The lowest BCUT2D eigenvalue weighted by molar-refractivity contribution is 0.0692. The molecule has 8 nitrogen and oxygen atoms in total. The number of halogens is 1. The van der Waals surface area contributed by atoms with E-state index in [2.05, 4.69) is 26.1 Å². The lowest BCUT2D eigenvalue weighted by atomic mass is 10.1. The quantitative estimate of drug-likeness (QED) is 0.568. The van der Waals surface area contributed by atoms with E-state index in [-0.39, 0.29) is 19.0 Å². The van der Waals surface area contributed by atoms with Gasteiger partial charge < -0.3 is 9.64 Å². The van der Waals surface area contributed by atoms with Crippen molar-refractivity contribution >= 4 is 43.2 Å².